The molecule has 0 radical (unpaired) electrons. The monoisotopic (exact) mass is 273 g/mol. The summed E-state index contributed by atoms with van der Waals surface area (Å²) in [6.45, 7) is 1.43. The number of aromatic amines is 1. The van der Waals surface area contributed by atoms with Gasteiger partial charge < -0.3 is 5.73 Å². The number of carbonyl (C=O) groups excluding carboxylic acids is 1. The minimum Gasteiger partial charge on any atom is -0.369 e. The summed E-state index contributed by atoms with van der Waals surface area (Å²) in [4.78, 5) is 11.5. The molecule has 2 rings (SSSR count). The summed E-state index contributed by atoms with van der Waals surface area (Å²) in [6, 6.07) is 0. The van der Waals surface area contributed by atoms with Gasteiger partial charge in [0.25, 0.3) is 0 Å². The highest BCUT2D eigenvalue weighted by atomic mass is 19.4. The number of nitrogens with zero attached hydrogens (tertiary/aromatic N) is 3. The molecule has 3 N–H and O–H groups in total. The van der Waals surface area contributed by atoms with Crippen LogP contribution in [-0.2, 0) is 4.79 Å². The van der Waals surface area contributed by atoms with E-state index in [9.17, 15) is 18.0 Å². The maximum absolute atomic E-state index is 12.7. The number of carbonyl (C=O) groups is 1. The van der Waals surface area contributed by atoms with Gasteiger partial charge in [-0.25, -0.2) is 5.10 Å². The van der Waals surface area contributed by atoms with Crippen molar-refractivity contribution in [3.8, 4) is 0 Å². The summed E-state index contributed by atoms with van der Waals surface area (Å²) in [5.74, 6) is -1.71. The molecule has 0 bridgehead atoms. The fourth-order valence-corrected chi connectivity index (χ4v) is 1.86. The molecule has 0 saturated heterocycles. The van der Waals surface area contributed by atoms with Crippen molar-refractivity contribution in [1.82, 2.24) is 20.6 Å². The van der Waals surface area contributed by atoms with Gasteiger partial charge in [-0.05, 0) is 17.4 Å². The summed E-state index contributed by atoms with van der Waals surface area (Å²) in [5.41, 5.74) is 3.08. The number of tetrazole rings is 1. The van der Waals surface area contributed by atoms with Crippen LogP contribution in [0.1, 0.15) is 18.7 Å². The van der Waals surface area contributed by atoms with E-state index in [0.29, 0.717) is 0 Å². The van der Waals surface area contributed by atoms with Crippen molar-refractivity contribution in [1.29, 1.82) is 0 Å². The van der Waals surface area contributed by atoms with E-state index in [0.717, 1.165) is 18.2 Å². The zero-order valence-corrected chi connectivity index (χ0v) is 9.77. The third-order valence-electron chi connectivity index (χ3n) is 3.12. The van der Waals surface area contributed by atoms with Gasteiger partial charge in [0.1, 0.15) is 0 Å². The van der Waals surface area contributed by atoms with Gasteiger partial charge in [0.2, 0.25) is 5.91 Å². The third kappa shape index (κ3) is 2.23. The smallest absolute Gasteiger partial charge is 0.369 e. The fraction of sp³-hybridized carbons (Fsp3) is 0.400. The summed E-state index contributed by atoms with van der Waals surface area (Å²) < 4.78 is 38.1. The van der Waals surface area contributed by atoms with E-state index in [4.69, 9.17) is 5.73 Å². The van der Waals surface area contributed by atoms with Crippen LogP contribution in [0, 0.1) is 5.41 Å². The Balaban J connectivity index is 2.51. The van der Waals surface area contributed by atoms with Crippen molar-refractivity contribution < 1.29 is 18.0 Å². The quantitative estimate of drug-likeness (QED) is 0.834. The van der Waals surface area contributed by atoms with Crippen LogP contribution in [0.15, 0.2) is 23.8 Å². The summed E-state index contributed by atoms with van der Waals surface area (Å²) in [5, 5.41) is 12.5. The fourth-order valence-electron chi connectivity index (χ4n) is 1.86. The van der Waals surface area contributed by atoms with Gasteiger partial charge >= 0.3 is 6.18 Å². The van der Waals surface area contributed by atoms with Gasteiger partial charge in [-0.2, -0.15) is 13.2 Å². The molecule has 0 aromatic carbocycles. The maximum Gasteiger partial charge on any atom is 0.416 e. The molecule has 0 spiro atoms. The Labute approximate surface area is 105 Å². The summed E-state index contributed by atoms with van der Waals surface area (Å²) >= 11 is 0. The maximum atomic E-state index is 12.7. The molecular weight excluding hydrogens is 263 g/mol. The predicted molar refractivity (Wildman–Crippen MR) is 57.5 cm³/mol. The largest absolute Gasteiger partial charge is 0.416 e. The van der Waals surface area contributed by atoms with Crippen molar-refractivity contribution in [2.45, 2.75) is 19.0 Å². The van der Waals surface area contributed by atoms with E-state index in [1.807, 2.05) is 0 Å². The Hall–Kier alpha value is -2.19. The van der Waals surface area contributed by atoms with E-state index < -0.39 is 29.0 Å². The first-order valence-corrected chi connectivity index (χ1v) is 5.27. The number of amides is 1. The molecule has 0 fully saturated rings. The molecule has 1 aromatic heterocycles. The van der Waals surface area contributed by atoms with E-state index in [1.54, 1.807) is 0 Å². The van der Waals surface area contributed by atoms with Gasteiger partial charge in [0.05, 0.1) is 16.9 Å². The number of allylic oxidation sites excluding steroid dienone is 3. The molecule has 2 unspecified atom stereocenters. The second kappa shape index (κ2) is 4.18. The third-order valence-corrected chi connectivity index (χ3v) is 3.12. The number of rotatable bonds is 2. The lowest BCUT2D eigenvalue weighted by atomic mass is 9.72. The van der Waals surface area contributed by atoms with Crippen LogP contribution < -0.4 is 5.73 Å². The van der Waals surface area contributed by atoms with Crippen LogP contribution in [0.25, 0.3) is 0 Å². The number of halogens is 3. The standard InChI is InChI=1S/C10H10F3N5O/c1-9(8(14)19)3-2-5(10(11,12)13)4-6(9)7-15-17-18-16-7/h2-4,6H,1H3,(H2,14,19)(H,15,16,17,18). The number of hydrogen-bond donors (Lipinski definition) is 2. The average molecular weight is 273 g/mol. The Kier molecular flexibility index (Phi) is 2.91. The predicted octanol–water partition coefficient (Wildman–Crippen LogP) is 0.833. The van der Waals surface area contributed by atoms with Crippen molar-refractivity contribution in [3.63, 3.8) is 0 Å². The average Bonchev–Trinajstić information content (AvgIpc) is 2.81. The van der Waals surface area contributed by atoms with Crippen LogP contribution in [0.2, 0.25) is 0 Å². The highest BCUT2D eigenvalue weighted by Crippen LogP contribution is 2.43. The van der Waals surface area contributed by atoms with Crippen LogP contribution in [-0.4, -0.2) is 32.7 Å². The van der Waals surface area contributed by atoms with Gasteiger partial charge in [-0.1, -0.05) is 18.2 Å². The zero-order valence-electron chi connectivity index (χ0n) is 9.77. The minimum absolute atomic E-state index is 0.0485. The van der Waals surface area contributed by atoms with Gasteiger partial charge in [0.15, 0.2) is 5.82 Å². The molecule has 6 nitrogen and oxygen atoms in total. The SMILES string of the molecule is CC1(C(N)=O)C=CC(C(F)(F)F)=CC1c1nnn[nH]1. The highest BCUT2D eigenvalue weighted by Gasteiger charge is 2.45. The van der Waals surface area contributed by atoms with Crippen LogP contribution in [0.5, 0.6) is 0 Å². The van der Waals surface area contributed by atoms with Gasteiger partial charge in [-0.3, -0.25) is 4.79 Å². The van der Waals surface area contributed by atoms with Crippen molar-refractivity contribution in [3.05, 3.63) is 29.6 Å². The molecule has 1 aliphatic rings. The summed E-state index contributed by atoms with van der Waals surface area (Å²) in [6.07, 6.45) is -1.65. The number of H-pyrrole nitrogens is 1. The second-order valence-corrected chi connectivity index (χ2v) is 4.36. The molecule has 1 aromatic rings. The molecule has 1 heterocycles. The Morgan fingerprint density at radius 3 is 2.68 bits per heavy atom. The number of primary amides is 1. The molecule has 102 valence electrons. The van der Waals surface area contributed by atoms with E-state index in [2.05, 4.69) is 20.6 Å². The minimum atomic E-state index is -4.51. The molecule has 1 amide bonds. The Morgan fingerprint density at radius 1 is 1.53 bits per heavy atom. The second-order valence-electron chi connectivity index (χ2n) is 4.36. The lowest BCUT2D eigenvalue weighted by molar-refractivity contribution is -0.125. The van der Waals surface area contributed by atoms with Crippen LogP contribution >= 0.6 is 0 Å². The Morgan fingerprint density at radius 2 is 2.21 bits per heavy atom. The number of aromatic nitrogens is 4. The molecule has 1 aliphatic carbocycles. The first-order valence-electron chi connectivity index (χ1n) is 5.27. The normalized spacial score (nSPS) is 27.2. The van der Waals surface area contributed by atoms with Gasteiger partial charge in [-0.15, -0.1) is 5.10 Å². The number of hydrogen-bond acceptors (Lipinski definition) is 4. The van der Waals surface area contributed by atoms with Crippen LogP contribution in [0.4, 0.5) is 13.2 Å². The molecule has 0 aliphatic heterocycles. The molecular formula is C10H10F3N5O. The summed E-state index contributed by atoms with van der Waals surface area (Å²) in [7, 11) is 0. The van der Waals surface area contributed by atoms with E-state index >= 15 is 0 Å². The van der Waals surface area contributed by atoms with Gasteiger partial charge in [0, 0.05) is 0 Å². The first-order chi connectivity index (χ1) is 8.75. The topological polar surface area (TPSA) is 97.6 Å². The molecule has 2 atom stereocenters. The zero-order chi connectivity index (χ0) is 14.3. The lowest BCUT2D eigenvalue weighted by Gasteiger charge is -2.32. The number of nitrogens with one attached hydrogen (secondary N) is 1. The van der Waals surface area contributed by atoms with E-state index in [1.165, 1.54) is 6.92 Å². The first kappa shape index (κ1) is 13.2. The van der Waals surface area contributed by atoms with Crippen molar-refractivity contribution >= 4 is 5.91 Å². The van der Waals surface area contributed by atoms with Crippen molar-refractivity contribution in [2.75, 3.05) is 0 Å². The van der Waals surface area contributed by atoms with Crippen LogP contribution in [0.3, 0.4) is 0 Å². The molecule has 0 saturated carbocycles. The van der Waals surface area contributed by atoms with Crippen molar-refractivity contribution in [2.24, 2.45) is 11.1 Å². The molecule has 9 heteroatoms. The number of alkyl halides is 3. The lowest BCUT2D eigenvalue weighted by Crippen LogP contribution is -2.40. The highest BCUT2D eigenvalue weighted by molar-refractivity contribution is 5.84. The Bertz CT molecular complexity index is 548. The molecule has 19 heavy (non-hydrogen) atoms. The van der Waals surface area contributed by atoms with E-state index in [-0.39, 0.29) is 5.82 Å². The number of nitrogens with two attached hydrogens (primary N) is 1.